The second-order valence-electron chi connectivity index (χ2n) is 7.26. The number of hydrogen-bond acceptors (Lipinski definition) is 3. The molecular formula is C22H23NO4. The van der Waals surface area contributed by atoms with E-state index in [0.717, 1.165) is 0 Å². The van der Waals surface area contributed by atoms with Crippen LogP contribution in [0.2, 0.25) is 0 Å². The predicted molar refractivity (Wildman–Crippen MR) is 102 cm³/mol. The number of likely N-dealkylation sites (tertiary alicyclic amines) is 1. The van der Waals surface area contributed by atoms with Crippen LogP contribution in [-0.4, -0.2) is 41.8 Å². The van der Waals surface area contributed by atoms with Crippen LogP contribution in [-0.2, 0) is 9.53 Å². The summed E-state index contributed by atoms with van der Waals surface area (Å²) >= 11 is 0. The van der Waals surface area contributed by atoms with Crippen molar-refractivity contribution >= 4 is 12.1 Å². The molecule has 140 valence electrons. The summed E-state index contributed by atoms with van der Waals surface area (Å²) in [6.45, 7) is 1.29. The van der Waals surface area contributed by atoms with Crippen molar-refractivity contribution in [2.24, 2.45) is 5.92 Å². The van der Waals surface area contributed by atoms with Gasteiger partial charge < -0.3 is 14.7 Å². The van der Waals surface area contributed by atoms with Gasteiger partial charge in [-0.3, -0.25) is 4.79 Å². The van der Waals surface area contributed by atoms with Gasteiger partial charge in [0.05, 0.1) is 5.92 Å². The van der Waals surface area contributed by atoms with Gasteiger partial charge in [0, 0.05) is 19.0 Å². The summed E-state index contributed by atoms with van der Waals surface area (Å²) in [5.41, 5.74) is 4.78. The van der Waals surface area contributed by atoms with Gasteiger partial charge in [0.15, 0.2) is 0 Å². The van der Waals surface area contributed by atoms with Gasteiger partial charge in [0.2, 0.25) is 0 Å². The summed E-state index contributed by atoms with van der Waals surface area (Å²) in [7, 11) is 0. The van der Waals surface area contributed by atoms with Crippen LogP contribution in [0.1, 0.15) is 36.3 Å². The summed E-state index contributed by atoms with van der Waals surface area (Å²) in [5.74, 6) is -1.10. The second kappa shape index (κ2) is 7.43. The zero-order valence-electron chi connectivity index (χ0n) is 15.1. The number of rotatable bonds is 3. The molecule has 1 fully saturated rings. The van der Waals surface area contributed by atoms with Crippen LogP contribution in [0.15, 0.2) is 48.5 Å². The highest BCUT2D eigenvalue weighted by atomic mass is 16.6. The number of amides is 1. The number of carbonyl (C=O) groups excluding carboxylic acids is 1. The van der Waals surface area contributed by atoms with E-state index in [1.807, 2.05) is 24.3 Å². The summed E-state index contributed by atoms with van der Waals surface area (Å²) in [5, 5.41) is 9.19. The van der Waals surface area contributed by atoms with Gasteiger partial charge in [-0.25, -0.2) is 4.79 Å². The molecule has 1 aliphatic carbocycles. The van der Waals surface area contributed by atoms with Crippen molar-refractivity contribution in [3.63, 3.8) is 0 Å². The van der Waals surface area contributed by atoms with Crippen LogP contribution in [0.3, 0.4) is 0 Å². The first-order valence-electron chi connectivity index (χ1n) is 9.48. The second-order valence-corrected chi connectivity index (χ2v) is 7.26. The van der Waals surface area contributed by atoms with Crippen LogP contribution in [0.4, 0.5) is 4.79 Å². The van der Waals surface area contributed by atoms with E-state index in [0.29, 0.717) is 39.0 Å². The summed E-state index contributed by atoms with van der Waals surface area (Å²) < 4.78 is 5.67. The van der Waals surface area contributed by atoms with Gasteiger partial charge in [0.25, 0.3) is 0 Å². The Kier molecular flexibility index (Phi) is 4.84. The van der Waals surface area contributed by atoms with Crippen molar-refractivity contribution in [1.29, 1.82) is 0 Å². The zero-order valence-corrected chi connectivity index (χ0v) is 15.1. The summed E-state index contributed by atoms with van der Waals surface area (Å²) in [4.78, 5) is 25.4. The minimum Gasteiger partial charge on any atom is -0.481 e. The predicted octanol–water partition coefficient (Wildman–Crippen LogP) is 4.12. The highest BCUT2D eigenvalue weighted by molar-refractivity contribution is 5.79. The van der Waals surface area contributed by atoms with Crippen LogP contribution in [0.25, 0.3) is 11.1 Å². The van der Waals surface area contributed by atoms with Crippen molar-refractivity contribution in [3.8, 4) is 11.1 Å². The van der Waals surface area contributed by atoms with E-state index in [1.165, 1.54) is 22.3 Å². The highest BCUT2D eigenvalue weighted by Gasteiger charge is 2.30. The molecule has 2 aliphatic rings. The molecule has 0 aromatic heterocycles. The molecule has 27 heavy (non-hydrogen) atoms. The van der Waals surface area contributed by atoms with E-state index in [4.69, 9.17) is 4.74 Å². The minimum atomic E-state index is -0.774. The molecule has 1 N–H and O–H groups in total. The standard InChI is InChI=1S/C22H23NO4/c24-21(25)15-6-5-12-23(13-11-15)22(26)27-14-20-18-9-3-1-7-16(18)17-8-2-4-10-19(17)20/h1-4,7-10,15,20H,5-6,11-14H2,(H,24,25). The van der Waals surface area contributed by atoms with Crippen molar-refractivity contribution in [2.75, 3.05) is 19.7 Å². The number of carbonyl (C=O) groups is 2. The fourth-order valence-corrected chi connectivity index (χ4v) is 4.21. The number of aliphatic carboxylic acids is 1. The maximum absolute atomic E-state index is 12.6. The molecule has 1 amide bonds. The lowest BCUT2D eigenvalue weighted by atomic mass is 9.98. The maximum Gasteiger partial charge on any atom is 0.409 e. The van der Waals surface area contributed by atoms with Gasteiger partial charge in [-0.05, 0) is 41.5 Å². The van der Waals surface area contributed by atoms with E-state index in [1.54, 1.807) is 4.90 Å². The Labute approximate surface area is 158 Å². The van der Waals surface area contributed by atoms with Crippen LogP contribution in [0, 0.1) is 5.92 Å². The Bertz CT molecular complexity index is 817. The molecule has 1 atom stereocenters. The molecule has 5 nitrogen and oxygen atoms in total. The van der Waals surface area contributed by atoms with E-state index < -0.39 is 5.97 Å². The zero-order chi connectivity index (χ0) is 18.8. The fourth-order valence-electron chi connectivity index (χ4n) is 4.21. The third kappa shape index (κ3) is 3.42. The molecule has 1 unspecified atom stereocenters. The molecule has 4 rings (SSSR count). The average Bonchev–Trinajstić information content (AvgIpc) is 2.83. The lowest BCUT2D eigenvalue weighted by Gasteiger charge is -2.22. The lowest BCUT2D eigenvalue weighted by Crippen LogP contribution is -2.33. The molecule has 1 heterocycles. The first-order chi connectivity index (χ1) is 13.1. The SMILES string of the molecule is O=C(O)C1CCCN(C(=O)OCC2c3ccccc3-c3ccccc32)CC1. The van der Waals surface area contributed by atoms with Gasteiger partial charge in [-0.2, -0.15) is 0 Å². The summed E-state index contributed by atoms with van der Waals surface area (Å²) in [6.07, 6.45) is 1.45. The number of carboxylic acid groups (broad SMARTS) is 1. The number of carboxylic acids is 1. The molecular weight excluding hydrogens is 342 g/mol. The number of fused-ring (bicyclic) bond motifs is 3. The first-order valence-corrected chi connectivity index (χ1v) is 9.48. The Morgan fingerprint density at radius 1 is 0.963 bits per heavy atom. The Hall–Kier alpha value is -2.82. The van der Waals surface area contributed by atoms with E-state index in [-0.39, 0.29) is 17.9 Å². The van der Waals surface area contributed by atoms with E-state index >= 15 is 0 Å². The topological polar surface area (TPSA) is 66.8 Å². The monoisotopic (exact) mass is 365 g/mol. The van der Waals surface area contributed by atoms with Gasteiger partial charge >= 0.3 is 12.1 Å². The molecule has 1 saturated heterocycles. The van der Waals surface area contributed by atoms with Gasteiger partial charge in [-0.1, -0.05) is 48.5 Å². The number of benzene rings is 2. The molecule has 2 aromatic rings. The fraction of sp³-hybridized carbons (Fsp3) is 0.364. The Balaban J connectivity index is 1.44. The third-order valence-corrected chi connectivity index (χ3v) is 5.67. The minimum absolute atomic E-state index is 0.0418. The van der Waals surface area contributed by atoms with E-state index in [2.05, 4.69) is 24.3 Å². The van der Waals surface area contributed by atoms with Crippen molar-refractivity contribution < 1.29 is 19.4 Å². The van der Waals surface area contributed by atoms with Crippen molar-refractivity contribution in [2.45, 2.75) is 25.2 Å². The molecule has 0 bridgehead atoms. The smallest absolute Gasteiger partial charge is 0.409 e. The molecule has 0 spiro atoms. The number of nitrogens with zero attached hydrogens (tertiary/aromatic N) is 1. The normalized spacial score (nSPS) is 19.1. The number of ether oxygens (including phenoxy) is 1. The summed E-state index contributed by atoms with van der Waals surface area (Å²) in [6, 6.07) is 16.5. The molecule has 1 aliphatic heterocycles. The molecule has 0 saturated carbocycles. The van der Waals surface area contributed by atoms with Crippen molar-refractivity contribution in [3.05, 3.63) is 59.7 Å². The highest BCUT2D eigenvalue weighted by Crippen LogP contribution is 2.44. The quantitative estimate of drug-likeness (QED) is 0.888. The largest absolute Gasteiger partial charge is 0.481 e. The van der Waals surface area contributed by atoms with Crippen LogP contribution in [0.5, 0.6) is 0 Å². The first kappa shape index (κ1) is 17.6. The number of hydrogen-bond donors (Lipinski definition) is 1. The molecule has 5 heteroatoms. The van der Waals surface area contributed by atoms with Crippen molar-refractivity contribution in [1.82, 2.24) is 4.90 Å². The molecule has 2 aromatic carbocycles. The van der Waals surface area contributed by atoms with E-state index in [9.17, 15) is 14.7 Å². The lowest BCUT2D eigenvalue weighted by molar-refractivity contribution is -0.142. The third-order valence-electron chi connectivity index (χ3n) is 5.67. The van der Waals surface area contributed by atoms with Crippen LogP contribution < -0.4 is 0 Å². The van der Waals surface area contributed by atoms with Crippen LogP contribution >= 0.6 is 0 Å². The Morgan fingerprint density at radius 2 is 1.59 bits per heavy atom. The van der Waals surface area contributed by atoms with Gasteiger partial charge in [0.1, 0.15) is 6.61 Å². The Morgan fingerprint density at radius 3 is 2.22 bits per heavy atom. The van der Waals surface area contributed by atoms with Gasteiger partial charge in [-0.15, -0.1) is 0 Å². The maximum atomic E-state index is 12.6. The molecule has 0 radical (unpaired) electrons. The average molecular weight is 365 g/mol.